The van der Waals surface area contributed by atoms with E-state index in [0.29, 0.717) is 12.3 Å². The van der Waals surface area contributed by atoms with E-state index < -0.39 is 0 Å². The van der Waals surface area contributed by atoms with Gasteiger partial charge < -0.3 is 10.8 Å². The minimum atomic E-state index is 0.0535. The van der Waals surface area contributed by atoms with Crippen LogP contribution in [0.15, 0.2) is 16.6 Å². The lowest BCUT2D eigenvalue weighted by atomic mass is 9.91. The van der Waals surface area contributed by atoms with Crippen LogP contribution in [-0.4, -0.2) is 11.7 Å². The third kappa shape index (κ3) is 1.35. The summed E-state index contributed by atoms with van der Waals surface area (Å²) < 4.78 is 0.762. The average molecular weight is 256 g/mol. The maximum Gasteiger partial charge on any atom is 0.133 e. The molecule has 1 fully saturated rings. The van der Waals surface area contributed by atoms with Crippen molar-refractivity contribution in [3.05, 3.63) is 27.7 Å². The first kappa shape index (κ1) is 9.99. The zero-order valence-corrected chi connectivity index (χ0v) is 9.76. The Bertz CT molecular complexity index is 372. The largest absolute Gasteiger partial charge is 0.506 e. The highest BCUT2D eigenvalue weighted by atomic mass is 79.9. The van der Waals surface area contributed by atoms with Gasteiger partial charge in [-0.15, -0.1) is 0 Å². The third-order valence-electron chi connectivity index (χ3n) is 3.11. The van der Waals surface area contributed by atoms with Crippen LogP contribution in [0, 0.1) is 6.92 Å². The predicted molar refractivity (Wildman–Crippen MR) is 60.5 cm³/mol. The second kappa shape index (κ2) is 3.24. The standard InChI is InChI=1S/C11H14BrNO/c1-7-2-3-8(12)10(14)9(7)11(6-13)4-5-11/h2-3,14H,4-6,13H2,1H3. The molecule has 0 aromatic heterocycles. The molecule has 2 nitrogen and oxygen atoms in total. The van der Waals surface area contributed by atoms with E-state index >= 15 is 0 Å². The Hall–Kier alpha value is -0.540. The SMILES string of the molecule is Cc1ccc(Br)c(O)c1C1(CN)CC1. The maximum atomic E-state index is 9.98. The van der Waals surface area contributed by atoms with Crippen LogP contribution in [0.4, 0.5) is 0 Å². The van der Waals surface area contributed by atoms with Crippen molar-refractivity contribution in [3.8, 4) is 5.75 Å². The van der Waals surface area contributed by atoms with Crippen LogP contribution in [0.1, 0.15) is 24.0 Å². The van der Waals surface area contributed by atoms with Crippen molar-refractivity contribution in [3.63, 3.8) is 0 Å². The van der Waals surface area contributed by atoms with Gasteiger partial charge in [0.25, 0.3) is 0 Å². The van der Waals surface area contributed by atoms with E-state index in [0.717, 1.165) is 28.4 Å². The molecule has 0 atom stereocenters. The number of halogens is 1. The van der Waals surface area contributed by atoms with Gasteiger partial charge in [0.1, 0.15) is 5.75 Å². The van der Waals surface area contributed by atoms with E-state index in [1.807, 2.05) is 19.1 Å². The number of rotatable bonds is 2. The van der Waals surface area contributed by atoms with Gasteiger partial charge in [0.05, 0.1) is 4.47 Å². The first-order valence-electron chi connectivity index (χ1n) is 4.79. The van der Waals surface area contributed by atoms with Gasteiger partial charge in [-0.25, -0.2) is 0 Å². The average Bonchev–Trinajstić information content (AvgIpc) is 2.93. The highest BCUT2D eigenvalue weighted by molar-refractivity contribution is 9.10. The number of aromatic hydroxyl groups is 1. The number of phenols is 1. The van der Waals surface area contributed by atoms with Crippen molar-refractivity contribution in [1.82, 2.24) is 0 Å². The molecular formula is C11H14BrNO. The van der Waals surface area contributed by atoms with Crippen molar-refractivity contribution < 1.29 is 5.11 Å². The van der Waals surface area contributed by atoms with Crippen LogP contribution in [0.5, 0.6) is 5.75 Å². The quantitative estimate of drug-likeness (QED) is 0.853. The van der Waals surface area contributed by atoms with Crippen LogP contribution in [0.25, 0.3) is 0 Å². The summed E-state index contributed by atoms with van der Waals surface area (Å²) in [6.45, 7) is 2.65. The minimum Gasteiger partial charge on any atom is -0.506 e. The Kier molecular flexibility index (Phi) is 2.32. The number of phenolic OH excluding ortho intramolecular Hbond substituents is 1. The number of benzene rings is 1. The van der Waals surface area contributed by atoms with E-state index in [9.17, 15) is 5.11 Å². The molecule has 0 saturated heterocycles. The molecule has 0 unspecified atom stereocenters. The van der Waals surface area contributed by atoms with Gasteiger partial charge in [0, 0.05) is 17.5 Å². The summed E-state index contributed by atoms with van der Waals surface area (Å²) in [6, 6.07) is 3.90. The lowest BCUT2D eigenvalue weighted by Gasteiger charge is -2.18. The molecule has 0 bridgehead atoms. The minimum absolute atomic E-state index is 0.0535. The van der Waals surface area contributed by atoms with E-state index in [2.05, 4.69) is 15.9 Å². The molecule has 14 heavy (non-hydrogen) atoms. The molecule has 3 heteroatoms. The molecule has 3 N–H and O–H groups in total. The molecule has 0 amide bonds. The van der Waals surface area contributed by atoms with Crippen LogP contribution >= 0.6 is 15.9 Å². The first-order valence-corrected chi connectivity index (χ1v) is 5.59. The monoisotopic (exact) mass is 255 g/mol. The summed E-state index contributed by atoms with van der Waals surface area (Å²) in [7, 11) is 0. The lowest BCUT2D eigenvalue weighted by molar-refractivity contribution is 0.454. The molecule has 1 aliphatic rings. The second-order valence-electron chi connectivity index (χ2n) is 4.07. The van der Waals surface area contributed by atoms with Crippen LogP contribution in [0.3, 0.4) is 0 Å². The Balaban J connectivity index is 2.57. The summed E-state index contributed by atoms with van der Waals surface area (Å²) >= 11 is 3.34. The summed E-state index contributed by atoms with van der Waals surface area (Å²) in [4.78, 5) is 0. The molecule has 0 aliphatic heterocycles. The van der Waals surface area contributed by atoms with Gasteiger partial charge in [-0.05, 0) is 47.3 Å². The summed E-state index contributed by atoms with van der Waals surface area (Å²) in [5.74, 6) is 0.368. The number of hydrogen-bond donors (Lipinski definition) is 2. The fraction of sp³-hybridized carbons (Fsp3) is 0.455. The molecule has 0 spiro atoms. The fourth-order valence-electron chi connectivity index (χ4n) is 2.04. The topological polar surface area (TPSA) is 46.2 Å². The predicted octanol–water partition coefficient (Wildman–Crippen LogP) is 2.45. The molecule has 1 aliphatic carbocycles. The van der Waals surface area contributed by atoms with E-state index in [-0.39, 0.29) is 5.41 Å². The van der Waals surface area contributed by atoms with Gasteiger partial charge in [-0.2, -0.15) is 0 Å². The van der Waals surface area contributed by atoms with E-state index in [1.54, 1.807) is 0 Å². The summed E-state index contributed by atoms with van der Waals surface area (Å²) in [5, 5.41) is 9.98. The van der Waals surface area contributed by atoms with Crippen molar-refractivity contribution >= 4 is 15.9 Å². The second-order valence-corrected chi connectivity index (χ2v) is 4.93. The number of nitrogens with two attached hydrogens (primary N) is 1. The van der Waals surface area contributed by atoms with E-state index in [1.165, 1.54) is 0 Å². The Morgan fingerprint density at radius 2 is 2.14 bits per heavy atom. The summed E-state index contributed by atoms with van der Waals surface area (Å²) in [6.07, 6.45) is 2.18. The first-order chi connectivity index (χ1) is 6.60. The Labute approximate surface area is 92.3 Å². The molecule has 76 valence electrons. The van der Waals surface area contributed by atoms with Crippen molar-refractivity contribution in [1.29, 1.82) is 0 Å². The highest BCUT2D eigenvalue weighted by Gasteiger charge is 2.45. The van der Waals surface area contributed by atoms with Crippen LogP contribution in [0.2, 0.25) is 0 Å². The zero-order chi connectivity index (χ0) is 10.3. The number of hydrogen-bond acceptors (Lipinski definition) is 2. The fourth-order valence-corrected chi connectivity index (χ4v) is 2.37. The van der Waals surface area contributed by atoms with Crippen molar-refractivity contribution in [2.75, 3.05) is 6.54 Å². The van der Waals surface area contributed by atoms with Gasteiger partial charge in [0.15, 0.2) is 0 Å². The van der Waals surface area contributed by atoms with Crippen molar-refractivity contribution in [2.45, 2.75) is 25.2 Å². The lowest BCUT2D eigenvalue weighted by Crippen LogP contribution is -2.21. The molecule has 0 heterocycles. The van der Waals surface area contributed by atoms with Gasteiger partial charge in [0.2, 0.25) is 0 Å². The molecular weight excluding hydrogens is 242 g/mol. The van der Waals surface area contributed by atoms with Crippen molar-refractivity contribution in [2.24, 2.45) is 5.73 Å². The van der Waals surface area contributed by atoms with Crippen LogP contribution < -0.4 is 5.73 Å². The van der Waals surface area contributed by atoms with Crippen LogP contribution in [-0.2, 0) is 5.41 Å². The smallest absolute Gasteiger partial charge is 0.133 e. The molecule has 1 saturated carbocycles. The summed E-state index contributed by atoms with van der Waals surface area (Å²) in [5.41, 5.74) is 7.99. The normalized spacial score (nSPS) is 18.2. The Morgan fingerprint density at radius 3 is 2.64 bits per heavy atom. The molecule has 1 aromatic carbocycles. The zero-order valence-electron chi connectivity index (χ0n) is 8.18. The number of aryl methyl sites for hydroxylation is 1. The molecule has 1 aromatic rings. The van der Waals surface area contributed by atoms with Gasteiger partial charge in [-0.3, -0.25) is 0 Å². The molecule has 0 radical (unpaired) electrons. The van der Waals surface area contributed by atoms with Gasteiger partial charge >= 0.3 is 0 Å². The Morgan fingerprint density at radius 1 is 1.50 bits per heavy atom. The molecule has 2 rings (SSSR count). The van der Waals surface area contributed by atoms with Gasteiger partial charge in [-0.1, -0.05) is 6.07 Å². The third-order valence-corrected chi connectivity index (χ3v) is 3.75. The highest BCUT2D eigenvalue weighted by Crippen LogP contribution is 2.52. The van der Waals surface area contributed by atoms with E-state index in [4.69, 9.17) is 5.73 Å². The maximum absolute atomic E-state index is 9.98.